The summed E-state index contributed by atoms with van der Waals surface area (Å²) in [6.45, 7) is 1.33. The summed E-state index contributed by atoms with van der Waals surface area (Å²) in [7, 11) is 3.92. The van der Waals surface area contributed by atoms with Crippen molar-refractivity contribution in [1.29, 1.82) is 0 Å². The third kappa shape index (κ3) is 4.41. The minimum absolute atomic E-state index is 0.159. The summed E-state index contributed by atoms with van der Waals surface area (Å²) < 4.78 is 1.61. The predicted octanol–water partition coefficient (Wildman–Crippen LogP) is 2.22. The molecule has 9 nitrogen and oxygen atoms in total. The molecule has 1 amide bonds. The Morgan fingerprint density at radius 2 is 1.90 bits per heavy atom. The smallest absolute Gasteiger partial charge is 0.251 e. The zero-order valence-corrected chi connectivity index (χ0v) is 16.8. The molecule has 3 aromatic heterocycles. The fraction of sp³-hybridized carbons (Fsp3) is 0.190. The van der Waals surface area contributed by atoms with Crippen LogP contribution in [0.25, 0.3) is 17.2 Å². The third-order valence-electron chi connectivity index (χ3n) is 4.40. The molecular formula is C21H22N8O. The maximum Gasteiger partial charge on any atom is 0.251 e. The van der Waals surface area contributed by atoms with E-state index in [1.54, 1.807) is 22.8 Å². The Labute approximate surface area is 173 Å². The van der Waals surface area contributed by atoms with Crippen LogP contribution >= 0.6 is 0 Å². The quantitative estimate of drug-likeness (QED) is 0.489. The summed E-state index contributed by atoms with van der Waals surface area (Å²) >= 11 is 0. The van der Waals surface area contributed by atoms with Gasteiger partial charge >= 0.3 is 0 Å². The number of pyridine rings is 1. The summed E-state index contributed by atoms with van der Waals surface area (Å²) in [4.78, 5) is 18.8. The molecule has 0 spiro atoms. The highest BCUT2D eigenvalue weighted by Gasteiger charge is 2.14. The number of hydrogen-bond donors (Lipinski definition) is 2. The van der Waals surface area contributed by atoms with E-state index in [1.807, 2.05) is 61.5 Å². The second-order valence-corrected chi connectivity index (χ2v) is 6.99. The molecule has 0 aliphatic rings. The molecule has 3 heterocycles. The van der Waals surface area contributed by atoms with Gasteiger partial charge in [0.25, 0.3) is 5.91 Å². The average Bonchev–Trinajstić information content (AvgIpc) is 3.17. The van der Waals surface area contributed by atoms with E-state index in [2.05, 4.69) is 30.9 Å². The number of aromatic nitrogens is 5. The molecule has 0 aliphatic carbocycles. The lowest BCUT2D eigenvalue weighted by molar-refractivity contribution is 0.0951. The van der Waals surface area contributed by atoms with Gasteiger partial charge in [-0.3, -0.25) is 9.78 Å². The largest absolute Gasteiger partial charge is 0.351 e. The second kappa shape index (κ2) is 8.66. The number of carbonyl (C=O) groups is 1. The van der Waals surface area contributed by atoms with Gasteiger partial charge in [-0.25, -0.2) is 0 Å². The van der Waals surface area contributed by atoms with Crippen molar-refractivity contribution in [2.45, 2.75) is 0 Å². The number of rotatable bonds is 7. The number of anilines is 2. The molecule has 0 bridgehead atoms. The van der Waals surface area contributed by atoms with Crippen LogP contribution in [0.1, 0.15) is 10.4 Å². The van der Waals surface area contributed by atoms with Crippen LogP contribution in [0, 0.1) is 0 Å². The first kappa shape index (κ1) is 19.5. The van der Waals surface area contributed by atoms with Gasteiger partial charge in [-0.15, -0.1) is 15.3 Å². The van der Waals surface area contributed by atoms with Crippen LogP contribution < -0.4 is 10.6 Å². The van der Waals surface area contributed by atoms with E-state index in [1.165, 1.54) is 0 Å². The third-order valence-corrected chi connectivity index (χ3v) is 4.40. The molecule has 4 rings (SSSR count). The van der Waals surface area contributed by atoms with E-state index < -0.39 is 0 Å². The summed E-state index contributed by atoms with van der Waals surface area (Å²) in [5.74, 6) is 0.950. The molecule has 4 aromatic rings. The first-order valence-corrected chi connectivity index (χ1v) is 9.54. The first-order chi connectivity index (χ1) is 14.6. The van der Waals surface area contributed by atoms with Crippen molar-refractivity contribution in [2.24, 2.45) is 0 Å². The Bertz CT molecular complexity index is 1160. The lowest BCUT2D eigenvalue weighted by Crippen LogP contribution is -2.31. The fourth-order valence-corrected chi connectivity index (χ4v) is 2.87. The molecule has 152 valence electrons. The van der Waals surface area contributed by atoms with E-state index >= 15 is 0 Å². The van der Waals surface area contributed by atoms with Crippen molar-refractivity contribution < 1.29 is 4.79 Å². The highest BCUT2D eigenvalue weighted by Crippen LogP contribution is 2.19. The maximum atomic E-state index is 12.4. The number of fused-ring (bicyclic) bond motifs is 1. The number of nitrogens with zero attached hydrogens (tertiary/aromatic N) is 6. The van der Waals surface area contributed by atoms with E-state index in [0.29, 0.717) is 35.1 Å². The van der Waals surface area contributed by atoms with Crippen molar-refractivity contribution in [3.05, 3.63) is 66.4 Å². The van der Waals surface area contributed by atoms with Gasteiger partial charge < -0.3 is 15.5 Å². The summed E-state index contributed by atoms with van der Waals surface area (Å²) in [5.41, 5.74) is 2.54. The van der Waals surface area contributed by atoms with Crippen molar-refractivity contribution in [1.82, 2.24) is 35.0 Å². The number of amides is 1. The Morgan fingerprint density at radius 3 is 2.70 bits per heavy atom. The van der Waals surface area contributed by atoms with Crippen LogP contribution in [0.15, 0.2) is 60.8 Å². The Morgan fingerprint density at radius 1 is 1.07 bits per heavy atom. The van der Waals surface area contributed by atoms with Gasteiger partial charge in [0.2, 0.25) is 5.82 Å². The molecule has 30 heavy (non-hydrogen) atoms. The monoisotopic (exact) mass is 402 g/mol. The minimum atomic E-state index is -0.159. The number of hydrogen-bond acceptors (Lipinski definition) is 7. The number of likely N-dealkylation sites (N-methyl/N-ethyl adjacent to an activating group) is 1. The minimum Gasteiger partial charge on any atom is -0.351 e. The number of benzene rings is 1. The van der Waals surface area contributed by atoms with E-state index in [9.17, 15) is 4.79 Å². The van der Waals surface area contributed by atoms with Gasteiger partial charge in [0.15, 0.2) is 11.5 Å². The van der Waals surface area contributed by atoms with Gasteiger partial charge in [-0.2, -0.15) is 4.52 Å². The molecule has 0 saturated heterocycles. The predicted molar refractivity (Wildman–Crippen MR) is 115 cm³/mol. The van der Waals surface area contributed by atoms with Gasteiger partial charge in [0.05, 0.1) is 0 Å². The highest BCUT2D eigenvalue weighted by molar-refractivity contribution is 5.94. The second-order valence-electron chi connectivity index (χ2n) is 6.99. The SMILES string of the molecule is CN(C)CCNC(=O)c1ccnc(-c2nnc3ccc(Nc4ccccc4)nn23)c1. The first-order valence-electron chi connectivity index (χ1n) is 9.54. The molecule has 0 radical (unpaired) electrons. The summed E-state index contributed by atoms with van der Waals surface area (Å²) in [6.07, 6.45) is 1.59. The molecule has 0 aliphatic heterocycles. The van der Waals surface area contributed by atoms with Gasteiger partial charge in [-0.1, -0.05) is 18.2 Å². The molecule has 9 heteroatoms. The molecular weight excluding hydrogens is 380 g/mol. The zero-order chi connectivity index (χ0) is 20.9. The molecule has 1 aromatic carbocycles. The standard InChI is InChI=1S/C21H22N8O/c1-28(2)13-12-23-21(30)15-10-11-22-17(14-15)20-26-25-19-9-8-18(27-29(19)20)24-16-6-4-3-5-7-16/h3-11,14H,12-13H2,1-2H3,(H,23,30)(H,24,27). The van der Waals surface area contributed by atoms with Crippen molar-refractivity contribution in [3.63, 3.8) is 0 Å². The van der Waals surface area contributed by atoms with Crippen molar-refractivity contribution in [3.8, 4) is 11.5 Å². The van der Waals surface area contributed by atoms with E-state index in [4.69, 9.17) is 0 Å². The van der Waals surface area contributed by atoms with Crippen LogP contribution in [0.5, 0.6) is 0 Å². The van der Waals surface area contributed by atoms with Gasteiger partial charge in [0, 0.05) is 30.5 Å². The summed E-state index contributed by atoms with van der Waals surface area (Å²) in [5, 5.41) is 19.1. The summed E-state index contributed by atoms with van der Waals surface area (Å²) in [6, 6.07) is 16.8. The van der Waals surface area contributed by atoms with Crippen LogP contribution in [0.3, 0.4) is 0 Å². The molecule has 0 atom stereocenters. The van der Waals surface area contributed by atoms with Crippen LogP contribution in [0.4, 0.5) is 11.5 Å². The molecule has 0 saturated carbocycles. The Balaban J connectivity index is 1.60. The molecule has 2 N–H and O–H groups in total. The van der Waals surface area contributed by atoms with Crippen LogP contribution in [-0.4, -0.2) is 62.8 Å². The highest BCUT2D eigenvalue weighted by atomic mass is 16.1. The Hall–Kier alpha value is -3.85. The lowest BCUT2D eigenvalue weighted by atomic mass is 10.2. The number of carbonyl (C=O) groups excluding carboxylic acids is 1. The van der Waals surface area contributed by atoms with Crippen LogP contribution in [-0.2, 0) is 0 Å². The molecule has 0 unspecified atom stereocenters. The Kier molecular flexibility index (Phi) is 5.62. The van der Waals surface area contributed by atoms with Gasteiger partial charge in [0.1, 0.15) is 5.69 Å². The zero-order valence-electron chi connectivity index (χ0n) is 16.8. The average molecular weight is 402 g/mol. The fourth-order valence-electron chi connectivity index (χ4n) is 2.87. The maximum absolute atomic E-state index is 12.4. The number of nitrogens with one attached hydrogen (secondary N) is 2. The van der Waals surface area contributed by atoms with Crippen molar-refractivity contribution >= 4 is 23.1 Å². The number of para-hydroxylation sites is 1. The van der Waals surface area contributed by atoms with E-state index in [-0.39, 0.29) is 5.91 Å². The van der Waals surface area contributed by atoms with E-state index in [0.717, 1.165) is 12.2 Å². The van der Waals surface area contributed by atoms with Crippen molar-refractivity contribution in [2.75, 3.05) is 32.5 Å². The lowest BCUT2D eigenvalue weighted by Gasteiger charge is -2.10. The topological polar surface area (TPSA) is 100 Å². The van der Waals surface area contributed by atoms with Gasteiger partial charge in [-0.05, 0) is 50.5 Å². The molecule has 0 fully saturated rings. The van der Waals surface area contributed by atoms with Crippen LogP contribution in [0.2, 0.25) is 0 Å². The normalized spacial score (nSPS) is 11.0.